The van der Waals surface area contributed by atoms with Crippen LogP contribution in [0.2, 0.25) is 10.0 Å². The summed E-state index contributed by atoms with van der Waals surface area (Å²) in [6, 6.07) is 6.87. The number of unbranched alkanes of at least 4 members (excludes halogenated alkanes) is 1. The molecular weight excluding hydrogens is 495 g/mol. The van der Waals surface area contributed by atoms with E-state index in [0.717, 1.165) is 49.5 Å². The Morgan fingerprint density at radius 3 is 2.28 bits per heavy atom. The number of carbonyl (C=O) groups is 2. The van der Waals surface area contributed by atoms with Crippen molar-refractivity contribution in [1.82, 2.24) is 0 Å². The molecule has 2 aliphatic carbocycles. The van der Waals surface area contributed by atoms with Crippen LogP contribution in [0.25, 0.3) is 10.8 Å². The summed E-state index contributed by atoms with van der Waals surface area (Å²) in [5, 5.41) is 1.45. The van der Waals surface area contributed by atoms with Gasteiger partial charge >= 0.3 is 11.9 Å². The van der Waals surface area contributed by atoms with Crippen molar-refractivity contribution in [3.05, 3.63) is 47.0 Å². The van der Waals surface area contributed by atoms with E-state index in [4.69, 9.17) is 32.7 Å². The minimum atomic E-state index is -0.644. The quantitative estimate of drug-likeness (QED) is 0.194. The maximum absolute atomic E-state index is 13.1. The monoisotopic (exact) mass is 530 g/mol. The molecular formula is C30H36Cl2O4. The first-order valence-electron chi connectivity index (χ1n) is 13.4. The zero-order valence-corrected chi connectivity index (χ0v) is 22.6. The molecule has 2 aromatic rings. The number of hydrogen-bond donors (Lipinski definition) is 0. The maximum atomic E-state index is 13.1. The number of hydrogen-bond acceptors (Lipinski definition) is 4. The average Bonchev–Trinajstić information content (AvgIpc) is 2.90. The molecule has 6 heteroatoms. The van der Waals surface area contributed by atoms with Gasteiger partial charge in [-0.1, -0.05) is 80.9 Å². The molecule has 4 rings (SSSR count). The van der Waals surface area contributed by atoms with Gasteiger partial charge in [-0.15, -0.1) is 0 Å². The van der Waals surface area contributed by atoms with Gasteiger partial charge < -0.3 is 9.47 Å². The molecule has 0 aromatic heterocycles. The Kier molecular flexibility index (Phi) is 9.35. The van der Waals surface area contributed by atoms with Crippen molar-refractivity contribution in [3.8, 4) is 11.5 Å². The topological polar surface area (TPSA) is 52.6 Å². The van der Waals surface area contributed by atoms with Crippen LogP contribution < -0.4 is 9.47 Å². The zero-order valence-electron chi connectivity index (χ0n) is 21.1. The van der Waals surface area contributed by atoms with Gasteiger partial charge in [0.2, 0.25) is 0 Å². The Hall–Kier alpha value is -2.04. The lowest BCUT2D eigenvalue weighted by Gasteiger charge is -2.37. The van der Waals surface area contributed by atoms with Crippen LogP contribution in [-0.2, 0) is 9.59 Å². The van der Waals surface area contributed by atoms with Gasteiger partial charge in [-0.3, -0.25) is 4.79 Å². The molecule has 2 aromatic carbocycles. The van der Waals surface area contributed by atoms with Gasteiger partial charge in [0, 0.05) is 16.8 Å². The van der Waals surface area contributed by atoms with Crippen molar-refractivity contribution in [2.45, 2.75) is 77.6 Å². The van der Waals surface area contributed by atoms with E-state index in [1.807, 2.05) is 0 Å². The lowest BCUT2D eigenvalue weighted by Crippen LogP contribution is -2.30. The van der Waals surface area contributed by atoms with Gasteiger partial charge in [0.15, 0.2) is 5.75 Å². The van der Waals surface area contributed by atoms with E-state index in [-0.39, 0.29) is 27.7 Å². The molecule has 0 radical (unpaired) electrons. The van der Waals surface area contributed by atoms with Gasteiger partial charge in [0.1, 0.15) is 10.8 Å². The summed E-state index contributed by atoms with van der Waals surface area (Å²) in [6.45, 7) is 5.70. The second-order valence-corrected chi connectivity index (χ2v) is 11.2. The molecule has 2 aliphatic rings. The molecule has 0 bridgehead atoms. The van der Waals surface area contributed by atoms with Crippen LogP contribution in [-0.4, -0.2) is 11.9 Å². The Balaban J connectivity index is 1.39. The highest BCUT2D eigenvalue weighted by Crippen LogP contribution is 2.44. The van der Waals surface area contributed by atoms with Crippen LogP contribution >= 0.6 is 23.2 Å². The van der Waals surface area contributed by atoms with Gasteiger partial charge in [-0.2, -0.15) is 0 Å². The highest BCUT2D eigenvalue weighted by atomic mass is 35.5. The van der Waals surface area contributed by atoms with E-state index in [1.54, 1.807) is 24.3 Å². The third-order valence-electron chi connectivity index (χ3n) is 8.20. The summed E-state index contributed by atoms with van der Waals surface area (Å²) in [4.78, 5) is 24.9. The predicted octanol–water partition coefficient (Wildman–Crippen LogP) is 8.95. The predicted molar refractivity (Wildman–Crippen MR) is 146 cm³/mol. The summed E-state index contributed by atoms with van der Waals surface area (Å²) >= 11 is 12.6. The van der Waals surface area contributed by atoms with E-state index in [2.05, 4.69) is 13.5 Å². The zero-order chi connectivity index (χ0) is 25.7. The summed E-state index contributed by atoms with van der Waals surface area (Å²) in [5.74, 6) is 2.05. The number of benzene rings is 2. The fraction of sp³-hybridized carbons (Fsp3) is 0.533. The summed E-state index contributed by atoms with van der Waals surface area (Å²) < 4.78 is 11.2. The maximum Gasteiger partial charge on any atom is 0.335 e. The van der Waals surface area contributed by atoms with Crippen molar-refractivity contribution in [2.75, 3.05) is 0 Å². The number of ether oxygens (including phenoxy) is 2. The molecule has 0 spiro atoms. The normalized spacial score (nSPS) is 24.3. The van der Waals surface area contributed by atoms with E-state index in [1.165, 1.54) is 44.9 Å². The van der Waals surface area contributed by atoms with E-state index in [9.17, 15) is 9.59 Å². The van der Waals surface area contributed by atoms with Gasteiger partial charge in [0.25, 0.3) is 0 Å². The molecule has 2 fully saturated rings. The molecule has 0 saturated heterocycles. The van der Waals surface area contributed by atoms with E-state index < -0.39 is 5.97 Å². The van der Waals surface area contributed by atoms with Crippen LogP contribution in [0.4, 0.5) is 0 Å². The number of fused-ring (bicyclic) bond motifs is 1. The van der Waals surface area contributed by atoms with E-state index >= 15 is 0 Å². The minimum Gasteiger partial charge on any atom is -0.426 e. The van der Waals surface area contributed by atoms with Crippen molar-refractivity contribution < 1.29 is 19.1 Å². The van der Waals surface area contributed by atoms with Crippen LogP contribution in [0.15, 0.2) is 36.9 Å². The molecule has 0 unspecified atom stereocenters. The fourth-order valence-corrected chi connectivity index (χ4v) is 6.49. The number of rotatable bonds is 8. The number of esters is 2. The Morgan fingerprint density at radius 2 is 1.64 bits per heavy atom. The van der Waals surface area contributed by atoms with Crippen molar-refractivity contribution in [3.63, 3.8) is 0 Å². The molecule has 4 nitrogen and oxygen atoms in total. The van der Waals surface area contributed by atoms with Crippen LogP contribution in [0.5, 0.6) is 11.5 Å². The second kappa shape index (κ2) is 12.5. The second-order valence-electron chi connectivity index (χ2n) is 10.4. The van der Waals surface area contributed by atoms with Crippen LogP contribution in [0, 0.1) is 23.7 Å². The summed E-state index contributed by atoms with van der Waals surface area (Å²) in [5.41, 5.74) is 0. The average molecular weight is 532 g/mol. The molecule has 0 heterocycles. The van der Waals surface area contributed by atoms with Crippen LogP contribution in [0.3, 0.4) is 0 Å². The van der Waals surface area contributed by atoms with Crippen molar-refractivity contribution >= 4 is 45.9 Å². The third kappa shape index (κ3) is 6.26. The lowest BCUT2D eigenvalue weighted by molar-refractivity contribution is -0.140. The highest BCUT2D eigenvalue weighted by Gasteiger charge is 2.33. The lowest BCUT2D eigenvalue weighted by atomic mass is 9.68. The molecule has 36 heavy (non-hydrogen) atoms. The van der Waals surface area contributed by atoms with Gasteiger partial charge in [-0.25, -0.2) is 4.79 Å². The van der Waals surface area contributed by atoms with Crippen molar-refractivity contribution in [2.24, 2.45) is 23.7 Å². The standard InChI is InChI=1S/C30H36Cl2O4/c1-3-5-7-19-10-12-20(13-11-19)21-14-16-22(17-15-21)30(34)35-26-9-6-8-23-24(26)18-25(31)28(32)29(23)36-27(33)4-2/h4,6,8-9,18-22H,2-3,5,7,10-17H2,1H3. The van der Waals surface area contributed by atoms with Gasteiger partial charge in [0.05, 0.1) is 10.9 Å². The Bertz CT molecular complexity index is 1100. The largest absolute Gasteiger partial charge is 0.426 e. The summed E-state index contributed by atoms with van der Waals surface area (Å²) in [7, 11) is 0. The molecule has 0 aliphatic heterocycles. The Labute approximate surface area is 224 Å². The van der Waals surface area contributed by atoms with E-state index in [0.29, 0.717) is 16.5 Å². The molecule has 2 saturated carbocycles. The van der Waals surface area contributed by atoms with Crippen molar-refractivity contribution in [1.29, 1.82) is 0 Å². The first-order chi connectivity index (χ1) is 17.4. The van der Waals surface area contributed by atoms with Gasteiger partial charge in [-0.05, 0) is 68.4 Å². The smallest absolute Gasteiger partial charge is 0.335 e. The molecule has 0 N–H and O–H groups in total. The van der Waals surface area contributed by atoms with Crippen LogP contribution in [0.1, 0.15) is 77.6 Å². The SMILES string of the molecule is C=CC(=O)Oc1c(Cl)c(Cl)cc2c(OC(=O)C3CCC(C4CCC(CCCC)CC4)CC3)cccc12. The Morgan fingerprint density at radius 1 is 0.972 bits per heavy atom. The molecule has 0 amide bonds. The third-order valence-corrected chi connectivity index (χ3v) is 8.97. The molecule has 194 valence electrons. The first-order valence-corrected chi connectivity index (χ1v) is 14.1. The number of halogens is 2. The highest BCUT2D eigenvalue weighted by molar-refractivity contribution is 6.44. The first kappa shape index (κ1) is 27.0. The summed E-state index contributed by atoms with van der Waals surface area (Å²) in [6.07, 6.45) is 14.5. The molecule has 0 atom stereocenters. The number of carbonyl (C=O) groups excluding carboxylic acids is 2. The minimum absolute atomic E-state index is 0.0989. The fourth-order valence-electron chi connectivity index (χ4n) is 6.10.